The van der Waals surface area contributed by atoms with E-state index in [9.17, 15) is 4.57 Å². The minimum absolute atomic E-state index is 0.0616. The van der Waals surface area contributed by atoms with Crippen LogP contribution in [0.4, 0.5) is 0 Å². The average molecular weight is 419 g/mol. The van der Waals surface area contributed by atoms with E-state index in [0.717, 1.165) is 12.8 Å². The second-order valence-corrected chi connectivity index (χ2v) is 10.6. The minimum Gasteiger partial charge on any atom is -0.324 e. The third-order valence-corrected chi connectivity index (χ3v) is 6.70. The highest BCUT2D eigenvalue weighted by molar-refractivity contribution is 7.51. The van der Waals surface area contributed by atoms with Gasteiger partial charge in [-0.1, -0.05) is 142 Å². The Balaban J connectivity index is 3.02. The predicted octanol–water partition coefficient (Wildman–Crippen LogP) is 8.77. The third kappa shape index (κ3) is 26.1. The number of rotatable bonds is 23. The molecule has 0 radical (unpaired) electrons. The van der Waals surface area contributed by atoms with Crippen molar-refractivity contribution in [3.8, 4) is 0 Å². The second kappa shape index (κ2) is 21.8. The second-order valence-electron chi connectivity index (χ2n) is 8.81. The lowest BCUT2D eigenvalue weighted by Crippen LogP contribution is -1.88. The maximum absolute atomic E-state index is 10.7. The van der Waals surface area contributed by atoms with Crippen molar-refractivity contribution in [1.29, 1.82) is 0 Å². The summed E-state index contributed by atoms with van der Waals surface area (Å²) in [5.41, 5.74) is 0. The van der Waals surface area contributed by atoms with E-state index in [1.807, 2.05) is 0 Å². The standard InChI is InChI=1S/C24H51O3P/c1-2-3-4-5-6-7-8-9-10-11-12-13-14-15-16-17-18-19-20-21-22-23-24-28(25,26)27/h2-24H2,1H3,(H2,25,26,27). The van der Waals surface area contributed by atoms with Gasteiger partial charge in [-0.05, 0) is 6.42 Å². The van der Waals surface area contributed by atoms with E-state index in [0.29, 0.717) is 6.42 Å². The molecule has 0 aromatic rings. The summed E-state index contributed by atoms with van der Waals surface area (Å²) < 4.78 is 10.7. The summed E-state index contributed by atoms with van der Waals surface area (Å²) in [4.78, 5) is 17.6. The summed E-state index contributed by atoms with van der Waals surface area (Å²) >= 11 is 0. The molecular formula is C24H51O3P. The highest BCUT2D eigenvalue weighted by Crippen LogP contribution is 2.35. The van der Waals surface area contributed by atoms with Crippen LogP contribution >= 0.6 is 7.60 Å². The molecule has 0 heterocycles. The van der Waals surface area contributed by atoms with Gasteiger partial charge in [-0.25, -0.2) is 0 Å². The normalized spacial score (nSPS) is 12.0. The molecule has 0 bridgehead atoms. The topological polar surface area (TPSA) is 57.5 Å². The van der Waals surface area contributed by atoms with Gasteiger partial charge in [0.05, 0.1) is 0 Å². The summed E-state index contributed by atoms with van der Waals surface area (Å²) in [7, 11) is -3.76. The maximum Gasteiger partial charge on any atom is 0.325 e. The molecule has 0 spiro atoms. The van der Waals surface area contributed by atoms with E-state index in [4.69, 9.17) is 9.79 Å². The van der Waals surface area contributed by atoms with E-state index in [1.54, 1.807) is 0 Å². The SMILES string of the molecule is CCCCCCCCCCCCCCCCCCCCCCCCP(=O)(O)O. The van der Waals surface area contributed by atoms with Crippen molar-refractivity contribution in [2.75, 3.05) is 6.16 Å². The first-order chi connectivity index (χ1) is 13.6. The van der Waals surface area contributed by atoms with Gasteiger partial charge in [-0.15, -0.1) is 0 Å². The fraction of sp³-hybridized carbons (Fsp3) is 1.00. The Kier molecular flexibility index (Phi) is 22.0. The van der Waals surface area contributed by atoms with Crippen LogP contribution in [0, 0.1) is 0 Å². The predicted molar refractivity (Wildman–Crippen MR) is 124 cm³/mol. The van der Waals surface area contributed by atoms with Gasteiger partial charge in [0.25, 0.3) is 0 Å². The van der Waals surface area contributed by atoms with Crippen molar-refractivity contribution in [3.05, 3.63) is 0 Å². The van der Waals surface area contributed by atoms with Crippen LogP contribution in [0.15, 0.2) is 0 Å². The lowest BCUT2D eigenvalue weighted by molar-refractivity contribution is 0.370. The van der Waals surface area contributed by atoms with Gasteiger partial charge >= 0.3 is 7.60 Å². The molecule has 0 rings (SSSR count). The molecule has 0 amide bonds. The van der Waals surface area contributed by atoms with Gasteiger partial charge in [0, 0.05) is 6.16 Å². The summed E-state index contributed by atoms with van der Waals surface area (Å²) in [5.74, 6) is 0. The summed E-state index contributed by atoms with van der Waals surface area (Å²) in [6.07, 6.45) is 29.5. The molecule has 0 aromatic heterocycles. The summed E-state index contributed by atoms with van der Waals surface area (Å²) in [6.45, 7) is 2.28. The van der Waals surface area contributed by atoms with Crippen molar-refractivity contribution >= 4 is 7.60 Å². The van der Waals surface area contributed by atoms with Crippen molar-refractivity contribution in [3.63, 3.8) is 0 Å². The van der Waals surface area contributed by atoms with Gasteiger partial charge in [0.1, 0.15) is 0 Å². The van der Waals surface area contributed by atoms with Crippen molar-refractivity contribution < 1.29 is 14.4 Å². The zero-order chi connectivity index (χ0) is 20.8. The largest absolute Gasteiger partial charge is 0.325 e. The first-order valence-corrected chi connectivity index (χ1v) is 14.4. The number of unbranched alkanes of at least 4 members (excludes halogenated alkanes) is 21. The van der Waals surface area contributed by atoms with Crippen LogP contribution in [0.1, 0.15) is 148 Å². The molecule has 2 N–H and O–H groups in total. The average Bonchev–Trinajstić information content (AvgIpc) is 2.65. The van der Waals surface area contributed by atoms with Gasteiger partial charge in [0.15, 0.2) is 0 Å². The van der Waals surface area contributed by atoms with Crippen LogP contribution in [-0.2, 0) is 4.57 Å². The lowest BCUT2D eigenvalue weighted by Gasteiger charge is -2.05. The van der Waals surface area contributed by atoms with Crippen LogP contribution < -0.4 is 0 Å². The zero-order valence-electron chi connectivity index (χ0n) is 19.0. The van der Waals surface area contributed by atoms with Gasteiger partial charge in [-0.2, -0.15) is 0 Å². The summed E-state index contributed by atoms with van der Waals surface area (Å²) in [6, 6.07) is 0. The van der Waals surface area contributed by atoms with Crippen LogP contribution in [0.25, 0.3) is 0 Å². The molecule has 0 aromatic carbocycles. The Bertz CT molecular complexity index is 341. The summed E-state index contributed by atoms with van der Waals surface area (Å²) in [5, 5.41) is 0. The molecule has 0 unspecified atom stereocenters. The Labute approximate surface area is 176 Å². The fourth-order valence-electron chi connectivity index (χ4n) is 3.93. The Morgan fingerprint density at radius 3 is 0.857 bits per heavy atom. The van der Waals surface area contributed by atoms with Crippen molar-refractivity contribution in [1.82, 2.24) is 0 Å². The van der Waals surface area contributed by atoms with Crippen LogP contribution in [-0.4, -0.2) is 15.9 Å². The quantitative estimate of drug-likeness (QED) is 0.129. The first-order valence-electron chi connectivity index (χ1n) is 12.6. The lowest BCUT2D eigenvalue weighted by atomic mass is 10.0. The van der Waals surface area contributed by atoms with E-state index >= 15 is 0 Å². The molecule has 28 heavy (non-hydrogen) atoms. The minimum atomic E-state index is -3.76. The van der Waals surface area contributed by atoms with Gasteiger partial charge in [0.2, 0.25) is 0 Å². The molecule has 0 aliphatic heterocycles. The molecule has 0 atom stereocenters. The molecule has 0 aliphatic carbocycles. The highest BCUT2D eigenvalue weighted by Gasteiger charge is 2.10. The third-order valence-electron chi connectivity index (χ3n) is 5.80. The number of hydrogen-bond donors (Lipinski definition) is 2. The van der Waals surface area contributed by atoms with Crippen molar-refractivity contribution in [2.45, 2.75) is 148 Å². The van der Waals surface area contributed by atoms with Crippen LogP contribution in [0.2, 0.25) is 0 Å². The monoisotopic (exact) mass is 418 g/mol. The molecule has 0 aliphatic rings. The molecule has 3 nitrogen and oxygen atoms in total. The molecule has 0 saturated carbocycles. The molecule has 0 fully saturated rings. The Hall–Kier alpha value is 0.150. The van der Waals surface area contributed by atoms with Crippen LogP contribution in [0.3, 0.4) is 0 Å². The van der Waals surface area contributed by atoms with Gasteiger partial charge in [-0.3, -0.25) is 4.57 Å². The van der Waals surface area contributed by atoms with Crippen molar-refractivity contribution in [2.24, 2.45) is 0 Å². The Morgan fingerprint density at radius 2 is 0.643 bits per heavy atom. The van der Waals surface area contributed by atoms with Gasteiger partial charge < -0.3 is 9.79 Å². The van der Waals surface area contributed by atoms with E-state index in [-0.39, 0.29) is 6.16 Å². The molecule has 0 saturated heterocycles. The maximum atomic E-state index is 10.7. The van der Waals surface area contributed by atoms with E-state index in [1.165, 1.54) is 122 Å². The Morgan fingerprint density at radius 1 is 0.429 bits per heavy atom. The first kappa shape index (κ1) is 28.1. The van der Waals surface area contributed by atoms with E-state index in [2.05, 4.69) is 6.92 Å². The number of hydrogen-bond acceptors (Lipinski definition) is 1. The molecular weight excluding hydrogens is 367 g/mol. The molecule has 170 valence electrons. The fourth-order valence-corrected chi connectivity index (χ4v) is 4.56. The molecule has 4 heteroatoms. The zero-order valence-corrected chi connectivity index (χ0v) is 19.9. The smallest absolute Gasteiger partial charge is 0.324 e. The highest BCUT2D eigenvalue weighted by atomic mass is 31.2. The van der Waals surface area contributed by atoms with Crippen LogP contribution in [0.5, 0.6) is 0 Å². The van der Waals surface area contributed by atoms with E-state index < -0.39 is 7.60 Å².